The highest BCUT2D eigenvalue weighted by Gasteiger charge is 2.24. The van der Waals surface area contributed by atoms with Crippen LogP contribution in [-0.4, -0.2) is 42.7 Å². The molecule has 0 N–H and O–H groups in total. The molecule has 0 aromatic carbocycles. The minimum Gasteiger partial charge on any atom is -0.466 e. The Bertz CT molecular complexity index is 314. The highest BCUT2D eigenvalue weighted by atomic mass is 35.5. The van der Waals surface area contributed by atoms with Crippen molar-refractivity contribution in [3.05, 3.63) is 11.6 Å². The van der Waals surface area contributed by atoms with Crippen LogP contribution in [0.15, 0.2) is 11.6 Å². The molecule has 90 valence electrons. The molecule has 1 aliphatic heterocycles. The number of amides is 1. The first-order chi connectivity index (χ1) is 7.54. The Hall–Kier alpha value is -1.23. The number of halogens is 1. The van der Waals surface area contributed by atoms with E-state index in [0.717, 1.165) is 0 Å². The van der Waals surface area contributed by atoms with E-state index in [4.69, 9.17) is 16.3 Å². The molecule has 1 rings (SSSR count). The lowest BCUT2D eigenvalue weighted by Crippen LogP contribution is -2.38. The lowest BCUT2D eigenvalue weighted by atomic mass is 10.1. The maximum absolute atomic E-state index is 11.5. The number of hydrogen-bond donors (Lipinski definition) is 0. The van der Waals surface area contributed by atoms with Gasteiger partial charge in [-0.3, -0.25) is 0 Å². The first-order valence-corrected chi connectivity index (χ1v) is 5.35. The maximum atomic E-state index is 11.5. The lowest BCUT2D eigenvalue weighted by Gasteiger charge is -2.26. The Kier molecular flexibility index (Phi) is 4.61. The lowest BCUT2D eigenvalue weighted by molar-refractivity contribution is -0.136. The van der Waals surface area contributed by atoms with Gasteiger partial charge in [0.05, 0.1) is 19.2 Å². The predicted octanol–water partition coefficient (Wildman–Crippen LogP) is 1.51. The molecule has 0 radical (unpaired) electrons. The molecule has 0 aromatic rings. The normalized spacial score (nSPS) is 17.4. The van der Waals surface area contributed by atoms with E-state index in [2.05, 4.69) is 4.74 Å². The van der Waals surface area contributed by atoms with Gasteiger partial charge in [0.2, 0.25) is 0 Å². The number of alkyl halides is 1. The smallest absolute Gasteiger partial charge is 0.411 e. The average Bonchev–Trinajstić information content (AvgIpc) is 2.27. The van der Waals surface area contributed by atoms with Gasteiger partial charge in [0.25, 0.3) is 0 Å². The van der Waals surface area contributed by atoms with Gasteiger partial charge >= 0.3 is 12.1 Å². The summed E-state index contributed by atoms with van der Waals surface area (Å²) in [5.74, 6) is -0.420. The number of ether oxygens (including phenoxy) is 2. The molecular weight excluding hydrogens is 234 g/mol. The number of carbonyl (C=O) groups is 2. The molecule has 0 fully saturated rings. The van der Waals surface area contributed by atoms with Crippen molar-refractivity contribution in [2.24, 2.45) is 0 Å². The molecule has 1 amide bonds. The van der Waals surface area contributed by atoms with Gasteiger partial charge in [-0.15, -0.1) is 0 Å². The van der Waals surface area contributed by atoms with Gasteiger partial charge in [-0.2, -0.15) is 0 Å². The van der Waals surface area contributed by atoms with Crippen molar-refractivity contribution in [1.29, 1.82) is 0 Å². The van der Waals surface area contributed by atoms with Gasteiger partial charge in [-0.05, 0) is 13.3 Å². The molecule has 0 saturated carbocycles. The third-order valence-corrected chi connectivity index (χ3v) is 2.21. The van der Waals surface area contributed by atoms with Crippen molar-refractivity contribution in [2.75, 3.05) is 20.2 Å². The van der Waals surface area contributed by atoms with Crippen molar-refractivity contribution in [3.8, 4) is 0 Å². The number of methoxy groups -OCH3 is 1. The number of rotatable bonds is 2. The van der Waals surface area contributed by atoms with Crippen molar-refractivity contribution < 1.29 is 19.1 Å². The number of hydrogen-bond acceptors (Lipinski definition) is 4. The van der Waals surface area contributed by atoms with Crippen LogP contribution in [0.5, 0.6) is 0 Å². The Morgan fingerprint density at radius 3 is 2.81 bits per heavy atom. The molecule has 1 aliphatic rings. The zero-order chi connectivity index (χ0) is 12.1. The largest absolute Gasteiger partial charge is 0.466 e. The van der Waals surface area contributed by atoms with Gasteiger partial charge in [-0.1, -0.05) is 17.7 Å². The second kappa shape index (κ2) is 5.75. The first kappa shape index (κ1) is 12.8. The van der Waals surface area contributed by atoms with Crippen LogP contribution in [0.25, 0.3) is 0 Å². The van der Waals surface area contributed by atoms with Crippen LogP contribution < -0.4 is 0 Å². The van der Waals surface area contributed by atoms with Crippen LogP contribution in [0, 0.1) is 0 Å². The number of nitrogens with zero attached hydrogens (tertiary/aromatic N) is 1. The Labute approximate surface area is 98.9 Å². The predicted molar refractivity (Wildman–Crippen MR) is 58.1 cm³/mol. The summed E-state index contributed by atoms with van der Waals surface area (Å²) >= 11 is 5.54. The summed E-state index contributed by atoms with van der Waals surface area (Å²) in [6.07, 6.45) is 1.85. The molecule has 0 saturated heterocycles. The molecule has 0 aliphatic carbocycles. The quantitative estimate of drug-likeness (QED) is 0.548. The zero-order valence-electron chi connectivity index (χ0n) is 9.23. The standard InChI is InChI=1S/C10H14ClNO4/c1-7(11)16-10(14)12-5-3-4-8(6-12)9(13)15-2/h4,7H,3,5-6H2,1-2H3/t7-/m1/s1. The van der Waals surface area contributed by atoms with Gasteiger partial charge in [0, 0.05) is 6.54 Å². The minimum absolute atomic E-state index is 0.203. The second-order valence-corrected chi connectivity index (χ2v) is 3.97. The summed E-state index contributed by atoms with van der Waals surface area (Å²) in [4.78, 5) is 24.2. The molecule has 0 bridgehead atoms. The number of carbonyl (C=O) groups excluding carboxylic acids is 2. The van der Waals surface area contributed by atoms with Gasteiger partial charge in [-0.25, -0.2) is 9.59 Å². The molecule has 1 atom stereocenters. The summed E-state index contributed by atoms with van der Waals surface area (Å²) in [5, 5.41) is 0. The molecular formula is C10H14ClNO4. The van der Waals surface area contributed by atoms with Crippen molar-refractivity contribution in [3.63, 3.8) is 0 Å². The molecule has 0 spiro atoms. The SMILES string of the molecule is COC(=O)C1=CCCN(C(=O)O[C@H](C)Cl)C1. The van der Waals surface area contributed by atoms with Gasteiger partial charge < -0.3 is 14.4 Å². The third-order valence-electron chi connectivity index (χ3n) is 2.12. The maximum Gasteiger partial charge on any atom is 0.411 e. The summed E-state index contributed by atoms with van der Waals surface area (Å²) < 4.78 is 9.41. The van der Waals surface area contributed by atoms with Crippen molar-refractivity contribution in [1.82, 2.24) is 4.90 Å². The summed E-state index contributed by atoms with van der Waals surface area (Å²) in [7, 11) is 1.31. The topological polar surface area (TPSA) is 55.8 Å². The van der Waals surface area contributed by atoms with E-state index in [-0.39, 0.29) is 6.54 Å². The molecule has 16 heavy (non-hydrogen) atoms. The monoisotopic (exact) mass is 247 g/mol. The Morgan fingerprint density at radius 1 is 1.56 bits per heavy atom. The highest BCUT2D eigenvalue weighted by Crippen LogP contribution is 2.13. The average molecular weight is 248 g/mol. The van der Waals surface area contributed by atoms with Crippen molar-refractivity contribution in [2.45, 2.75) is 18.9 Å². The van der Waals surface area contributed by atoms with Crippen LogP contribution in [-0.2, 0) is 14.3 Å². The molecule has 0 unspecified atom stereocenters. The Balaban J connectivity index is 2.57. The molecule has 5 nitrogen and oxygen atoms in total. The van der Waals surface area contributed by atoms with E-state index in [0.29, 0.717) is 18.5 Å². The fourth-order valence-electron chi connectivity index (χ4n) is 1.39. The van der Waals surface area contributed by atoms with Crippen LogP contribution in [0.3, 0.4) is 0 Å². The summed E-state index contributed by atoms with van der Waals surface area (Å²) in [5.41, 5.74) is -0.215. The van der Waals surface area contributed by atoms with E-state index in [1.807, 2.05) is 0 Å². The molecule has 6 heteroatoms. The fraction of sp³-hybridized carbons (Fsp3) is 0.600. The Morgan fingerprint density at radius 2 is 2.25 bits per heavy atom. The minimum atomic E-state index is -0.681. The van der Waals surface area contributed by atoms with E-state index in [1.54, 1.807) is 13.0 Å². The first-order valence-electron chi connectivity index (χ1n) is 4.91. The summed E-state index contributed by atoms with van der Waals surface area (Å²) in [6, 6.07) is 0. The third kappa shape index (κ3) is 3.41. The fourth-order valence-corrected chi connectivity index (χ4v) is 1.47. The van der Waals surface area contributed by atoms with E-state index in [9.17, 15) is 9.59 Å². The van der Waals surface area contributed by atoms with E-state index in [1.165, 1.54) is 12.0 Å². The van der Waals surface area contributed by atoms with Crippen LogP contribution in [0.1, 0.15) is 13.3 Å². The van der Waals surface area contributed by atoms with E-state index >= 15 is 0 Å². The number of esters is 1. The van der Waals surface area contributed by atoms with Crippen LogP contribution in [0.4, 0.5) is 4.79 Å². The van der Waals surface area contributed by atoms with Gasteiger partial charge in [0.1, 0.15) is 0 Å². The zero-order valence-corrected chi connectivity index (χ0v) is 9.99. The second-order valence-electron chi connectivity index (χ2n) is 3.36. The van der Waals surface area contributed by atoms with Gasteiger partial charge in [0.15, 0.2) is 5.56 Å². The van der Waals surface area contributed by atoms with Crippen molar-refractivity contribution >= 4 is 23.7 Å². The van der Waals surface area contributed by atoms with Crippen LogP contribution >= 0.6 is 11.6 Å². The highest BCUT2D eigenvalue weighted by molar-refractivity contribution is 6.19. The molecule has 1 heterocycles. The molecule has 0 aromatic heterocycles. The summed E-state index contributed by atoms with van der Waals surface area (Å²) in [6.45, 7) is 2.28. The van der Waals surface area contributed by atoms with Crippen LogP contribution in [0.2, 0.25) is 0 Å². The van der Waals surface area contributed by atoms with E-state index < -0.39 is 17.6 Å².